The van der Waals surface area contributed by atoms with Gasteiger partial charge in [-0.15, -0.1) is 0 Å². The maximum absolute atomic E-state index is 12.6. The fourth-order valence-electron chi connectivity index (χ4n) is 5.52. The molecule has 2 saturated carbocycles. The molecule has 2 fully saturated rings. The van der Waals surface area contributed by atoms with Gasteiger partial charge in [-0.3, -0.25) is 9.59 Å². The van der Waals surface area contributed by atoms with Crippen LogP contribution in [0.3, 0.4) is 0 Å². The number of aliphatic carboxylic acids is 1. The van der Waals surface area contributed by atoms with E-state index in [-0.39, 0.29) is 42.2 Å². The number of rotatable bonds is 7. The van der Waals surface area contributed by atoms with E-state index in [9.17, 15) is 14.4 Å². The second-order valence-electron chi connectivity index (χ2n) is 9.72. The van der Waals surface area contributed by atoms with Crippen LogP contribution in [0, 0.1) is 17.8 Å². The van der Waals surface area contributed by atoms with Gasteiger partial charge in [-0.1, -0.05) is 55.0 Å². The molecule has 3 aliphatic rings. The van der Waals surface area contributed by atoms with Crippen molar-refractivity contribution >= 4 is 18.0 Å². The number of alkyl carbamates (subject to hydrolysis) is 1. The highest BCUT2D eigenvalue weighted by atomic mass is 16.5. The topological polar surface area (TPSA) is 105 Å². The summed E-state index contributed by atoms with van der Waals surface area (Å²) in [5.41, 5.74) is 4.72. The van der Waals surface area contributed by atoms with Crippen molar-refractivity contribution in [2.75, 3.05) is 13.2 Å². The lowest BCUT2D eigenvalue weighted by molar-refractivity contribution is -0.139. The SMILES string of the molecule is O=C(NC1CCCC(C(=O)NCC2CC2C(=O)O)C1)OCC1c2ccccc2-c2ccccc21. The smallest absolute Gasteiger partial charge is 0.407 e. The first-order valence-corrected chi connectivity index (χ1v) is 12.1. The fourth-order valence-corrected chi connectivity index (χ4v) is 5.52. The van der Waals surface area contributed by atoms with Gasteiger partial charge in [0.25, 0.3) is 0 Å². The van der Waals surface area contributed by atoms with Crippen molar-refractivity contribution in [1.29, 1.82) is 0 Å². The van der Waals surface area contributed by atoms with Gasteiger partial charge >= 0.3 is 12.1 Å². The molecule has 0 heterocycles. The number of carbonyl (C=O) groups excluding carboxylic acids is 2. The van der Waals surface area contributed by atoms with Gasteiger partial charge in [0.1, 0.15) is 6.61 Å². The van der Waals surface area contributed by atoms with E-state index in [1.807, 2.05) is 24.3 Å². The molecule has 0 aromatic heterocycles. The molecule has 178 valence electrons. The molecular weight excluding hydrogens is 432 g/mol. The number of amides is 2. The van der Waals surface area contributed by atoms with E-state index in [0.29, 0.717) is 19.4 Å². The van der Waals surface area contributed by atoms with Gasteiger partial charge in [0.05, 0.1) is 5.92 Å². The van der Waals surface area contributed by atoms with Gasteiger partial charge in [0, 0.05) is 24.4 Å². The standard InChI is InChI=1S/C27H30N2O5/c30-25(28-14-17-13-23(17)26(31)32)16-6-5-7-18(12-16)29-27(33)34-15-24-21-10-3-1-8-19(21)20-9-2-4-11-22(20)24/h1-4,8-11,16-18,23-24H,5-7,12-15H2,(H,28,30)(H,29,33)(H,31,32). The van der Waals surface area contributed by atoms with Crippen LogP contribution >= 0.6 is 0 Å². The number of ether oxygens (including phenoxy) is 1. The Hall–Kier alpha value is -3.35. The minimum atomic E-state index is -0.788. The first-order chi connectivity index (χ1) is 16.5. The Balaban J connectivity index is 1.11. The van der Waals surface area contributed by atoms with Crippen LogP contribution in [0.2, 0.25) is 0 Å². The van der Waals surface area contributed by atoms with E-state index in [4.69, 9.17) is 9.84 Å². The second kappa shape index (κ2) is 9.49. The molecular formula is C27H30N2O5. The van der Waals surface area contributed by atoms with Crippen molar-refractivity contribution in [2.45, 2.75) is 44.1 Å². The summed E-state index contributed by atoms with van der Waals surface area (Å²) in [6.07, 6.45) is 3.21. The third-order valence-corrected chi connectivity index (χ3v) is 7.49. The Labute approximate surface area is 198 Å². The Bertz CT molecular complexity index is 1050. The molecule has 3 aliphatic carbocycles. The highest BCUT2D eigenvalue weighted by Crippen LogP contribution is 2.44. The highest BCUT2D eigenvalue weighted by Gasteiger charge is 2.43. The predicted octanol–water partition coefficient (Wildman–Crippen LogP) is 3.92. The zero-order valence-electron chi connectivity index (χ0n) is 19.0. The molecule has 0 radical (unpaired) electrons. The molecule has 7 nitrogen and oxygen atoms in total. The van der Waals surface area contributed by atoms with Crippen molar-refractivity contribution in [3.63, 3.8) is 0 Å². The van der Waals surface area contributed by atoms with Crippen LogP contribution in [0.4, 0.5) is 4.79 Å². The molecule has 2 aromatic carbocycles. The molecule has 0 saturated heterocycles. The minimum Gasteiger partial charge on any atom is -0.481 e. The molecule has 2 amide bonds. The number of fused-ring (bicyclic) bond motifs is 3. The van der Waals surface area contributed by atoms with Gasteiger partial charge in [0.2, 0.25) is 5.91 Å². The van der Waals surface area contributed by atoms with Gasteiger partial charge < -0.3 is 20.5 Å². The molecule has 4 atom stereocenters. The van der Waals surface area contributed by atoms with Crippen molar-refractivity contribution < 1.29 is 24.2 Å². The Morgan fingerprint density at radius 1 is 0.941 bits per heavy atom. The number of carboxylic acids is 1. The average molecular weight is 463 g/mol. The van der Waals surface area contributed by atoms with E-state index in [0.717, 1.165) is 19.3 Å². The number of carbonyl (C=O) groups is 3. The van der Waals surface area contributed by atoms with Crippen molar-refractivity contribution in [2.24, 2.45) is 17.8 Å². The van der Waals surface area contributed by atoms with E-state index >= 15 is 0 Å². The summed E-state index contributed by atoms with van der Waals surface area (Å²) in [4.78, 5) is 36.1. The van der Waals surface area contributed by atoms with Crippen molar-refractivity contribution in [1.82, 2.24) is 10.6 Å². The summed E-state index contributed by atoms with van der Waals surface area (Å²) in [7, 11) is 0. The molecule has 7 heteroatoms. The molecule has 5 rings (SSSR count). The zero-order chi connectivity index (χ0) is 23.7. The number of hydrogen-bond donors (Lipinski definition) is 3. The van der Waals surface area contributed by atoms with E-state index in [1.54, 1.807) is 0 Å². The molecule has 3 N–H and O–H groups in total. The summed E-state index contributed by atoms with van der Waals surface area (Å²) in [5, 5.41) is 14.9. The summed E-state index contributed by atoms with van der Waals surface area (Å²) in [5.74, 6) is -1.27. The maximum atomic E-state index is 12.6. The van der Waals surface area contributed by atoms with Crippen LogP contribution in [0.15, 0.2) is 48.5 Å². The number of nitrogens with one attached hydrogen (secondary N) is 2. The number of hydrogen-bond acceptors (Lipinski definition) is 4. The van der Waals surface area contributed by atoms with Crippen molar-refractivity contribution in [3.05, 3.63) is 59.7 Å². The molecule has 34 heavy (non-hydrogen) atoms. The summed E-state index contributed by atoms with van der Waals surface area (Å²) >= 11 is 0. The number of carboxylic acid groups (broad SMARTS) is 1. The molecule has 4 unspecified atom stereocenters. The van der Waals surface area contributed by atoms with Crippen LogP contribution in [0.25, 0.3) is 11.1 Å². The Kier molecular flexibility index (Phi) is 6.26. The molecule has 0 bridgehead atoms. The lowest BCUT2D eigenvalue weighted by Crippen LogP contribution is -2.43. The number of benzene rings is 2. The van der Waals surface area contributed by atoms with E-state index in [1.165, 1.54) is 22.3 Å². The third-order valence-electron chi connectivity index (χ3n) is 7.49. The Morgan fingerprint density at radius 3 is 2.26 bits per heavy atom. The second-order valence-corrected chi connectivity index (χ2v) is 9.72. The maximum Gasteiger partial charge on any atom is 0.407 e. The average Bonchev–Trinajstić information content (AvgIpc) is 3.57. The van der Waals surface area contributed by atoms with Crippen LogP contribution in [-0.4, -0.2) is 42.3 Å². The van der Waals surface area contributed by atoms with Crippen molar-refractivity contribution in [3.8, 4) is 11.1 Å². The van der Waals surface area contributed by atoms with Gasteiger partial charge in [-0.25, -0.2) is 4.79 Å². The zero-order valence-corrected chi connectivity index (χ0v) is 19.0. The van der Waals surface area contributed by atoms with E-state index in [2.05, 4.69) is 34.9 Å². The first-order valence-electron chi connectivity index (χ1n) is 12.1. The van der Waals surface area contributed by atoms with Crippen LogP contribution in [-0.2, 0) is 14.3 Å². The van der Waals surface area contributed by atoms with Gasteiger partial charge in [0.15, 0.2) is 0 Å². The van der Waals surface area contributed by atoms with Crippen LogP contribution in [0.1, 0.15) is 49.1 Å². The lowest BCUT2D eigenvalue weighted by Gasteiger charge is -2.29. The normalized spacial score (nSPS) is 25.1. The van der Waals surface area contributed by atoms with Gasteiger partial charge in [-0.05, 0) is 53.9 Å². The fraction of sp³-hybridized carbons (Fsp3) is 0.444. The monoisotopic (exact) mass is 462 g/mol. The molecule has 0 spiro atoms. The highest BCUT2D eigenvalue weighted by molar-refractivity contribution is 5.80. The van der Waals surface area contributed by atoms with E-state index < -0.39 is 12.1 Å². The van der Waals surface area contributed by atoms with Crippen LogP contribution in [0.5, 0.6) is 0 Å². The van der Waals surface area contributed by atoms with Gasteiger partial charge in [-0.2, -0.15) is 0 Å². The largest absolute Gasteiger partial charge is 0.481 e. The molecule has 0 aliphatic heterocycles. The summed E-state index contributed by atoms with van der Waals surface area (Å²) in [6, 6.07) is 16.4. The minimum absolute atomic E-state index is 0.0140. The third kappa shape index (κ3) is 4.65. The lowest BCUT2D eigenvalue weighted by atomic mass is 9.85. The first kappa shape index (κ1) is 22.4. The molecule has 2 aromatic rings. The quantitative estimate of drug-likeness (QED) is 0.579. The van der Waals surface area contributed by atoms with Crippen LogP contribution < -0.4 is 10.6 Å². The Morgan fingerprint density at radius 2 is 1.62 bits per heavy atom. The predicted molar refractivity (Wildman–Crippen MR) is 126 cm³/mol. The summed E-state index contributed by atoms with van der Waals surface area (Å²) < 4.78 is 5.65. The summed E-state index contributed by atoms with van der Waals surface area (Å²) in [6.45, 7) is 0.680.